The van der Waals surface area contributed by atoms with Gasteiger partial charge in [-0.15, -0.1) is 0 Å². The Morgan fingerprint density at radius 1 is 1.41 bits per heavy atom. The van der Waals surface area contributed by atoms with Crippen LogP contribution in [0.5, 0.6) is 0 Å². The molecule has 4 nitrogen and oxygen atoms in total. The molecule has 100 valence electrons. The summed E-state index contributed by atoms with van der Waals surface area (Å²) in [5.74, 6) is -0.303. The maximum absolute atomic E-state index is 11.7. The number of ether oxygens (including phenoxy) is 1. The van der Waals surface area contributed by atoms with Gasteiger partial charge >= 0.3 is 5.97 Å². The molecule has 0 radical (unpaired) electrons. The topological polar surface area (TPSA) is 55.6 Å². The van der Waals surface area contributed by atoms with Crippen molar-refractivity contribution in [1.82, 2.24) is 4.90 Å². The second kappa shape index (κ2) is 6.36. The zero-order chi connectivity index (χ0) is 12.9. The molecule has 1 unspecified atom stereocenters. The summed E-state index contributed by atoms with van der Waals surface area (Å²) in [7, 11) is 2.06. The number of hydrogen-bond donors (Lipinski definition) is 1. The Morgan fingerprint density at radius 2 is 2.00 bits per heavy atom. The van der Waals surface area contributed by atoms with E-state index in [2.05, 4.69) is 11.9 Å². The first-order valence-electron chi connectivity index (χ1n) is 6.63. The Balaban J connectivity index is 2.47. The lowest BCUT2D eigenvalue weighted by atomic mass is 9.93. The lowest BCUT2D eigenvalue weighted by Crippen LogP contribution is -2.55. The van der Waals surface area contributed by atoms with Crippen LogP contribution >= 0.6 is 0 Å². The number of hydrogen-bond acceptors (Lipinski definition) is 4. The Bertz CT molecular complexity index is 248. The van der Waals surface area contributed by atoms with E-state index < -0.39 is 5.54 Å². The largest absolute Gasteiger partial charge is 0.465 e. The van der Waals surface area contributed by atoms with Crippen LogP contribution in [0.25, 0.3) is 0 Å². The molecule has 0 heterocycles. The number of esters is 1. The van der Waals surface area contributed by atoms with E-state index >= 15 is 0 Å². The van der Waals surface area contributed by atoms with Gasteiger partial charge in [0.1, 0.15) is 5.54 Å². The van der Waals surface area contributed by atoms with Crippen molar-refractivity contribution in [2.24, 2.45) is 5.73 Å². The minimum absolute atomic E-state index is 0.303. The predicted molar refractivity (Wildman–Crippen MR) is 68.7 cm³/mol. The van der Waals surface area contributed by atoms with Crippen LogP contribution in [0.4, 0.5) is 0 Å². The molecule has 1 aliphatic rings. The lowest BCUT2D eigenvalue weighted by molar-refractivity contribution is -0.149. The summed E-state index contributed by atoms with van der Waals surface area (Å²) in [6.45, 7) is 4.51. The fourth-order valence-corrected chi connectivity index (χ4v) is 2.53. The normalized spacial score (nSPS) is 21.2. The lowest BCUT2D eigenvalue weighted by Gasteiger charge is -2.35. The van der Waals surface area contributed by atoms with Crippen molar-refractivity contribution >= 4 is 5.97 Å². The van der Waals surface area contributed by atoms with Gasteiger partial charge in [0.05, 0.1) is 6.61 Å². The van der Waals surface area contributed by atoms with Crippen LogP contribution in [-0.2, 0) is 9.53 Å². The summed E-state index contributed by atoms with van der Waals surface area (Å²) < 4.78 is 5.00. The van der Waals surface area contributed by atoms with Crippen molar-refractivity contribution in [3.05, 3.63) is 0 Å². The maximum atomic E-state index is 11.7. The minimum Gasteiger partial charge on any atom is -0.465 e. The van der Waals surface area contributed by atoms with E-state index in [-0.39, 0.29) is 5.97 Å². The molecular formula is C13H26N2O2. The third kappa shape index (κ3) is 4.28. The van der Waals surface area contributed by atoms with Crippen LogP contribution in [0.1, 0.15) is 46.0 Å². The summed E-state index contributed by atoms with van der Waals surface area (Å²) in [6, 6.07) is 0.570. The molecule has 0 bridgehead atoms. The van der Waals surface area contributed by atoms with Gasteiger partial charge in [-0.2, -0.15) is 0 Å². The highest BCUT2D eigenvalue weighted by molar-refractivity contribution is 5.80. The van der Waals surface area contributed by atoms with Crippen molar-refractivity contribution in [1.29, 1.82) is 0 Å². The molecule has 0 spiro atoms. The molecule has 1 rings (SSSR count). The quantitative estimate of drug-likeness (QED) is 0.743. The number of likely N-dealkylation sites (N-methyl/N-ethyl adjacent to an activating group) is 1. The van der Waals surface area contributed by atoms with Crippen LogP contribution < -0.4 is 5.73 Å². The van der Waals surface area contributed by atoms with Crippen LogP contribution in [0.15, 0.2) is 0 Å². The fraction of sp³-hybridized carbons (Fsp3) is 0.923. The Kier molecular flexibility index (Phi) is 5.40. The molecule has 1 saturated carbocycles. The number of nitrogens with zero attached hydrogens (tertiary/aromatic N) is 1. The molecule has 17 heavy (non-hydrogen) atoms. The van der Waals surface area contributed by atoms with E-state index in [0.29, 0.717) is 19.2 Å². The van der Waals surface area contributed by atoms with E-state index in [9.17, 15) is 4.79 Å². The van der Waals surface area contributed by atoms with Crippen LogP contribution in [0.3, 0.4) is 0 Å². The first kappa shape index (κ1) is 14.5. The van der Waals surface area contributed by atoms with Gasteiger partial charge < -0.3 is 15.4 Å². The van der Waals surface area contributed by atoms with E-state index in [1.165, 1.54) is 32.1 Å². The average Bonchev–Trinajstić information content (AvgIpc) is 2.30. The number of nitrogens with two attached hydrogens (primary N) is 1. The third-order valence-electron chi connectivity index (χ3n) is 3.52. The summed E-state index contributed by atoms with van der Waals surface area (Å²) in [5.41, 5.74) is 5.14. The zero-order valence-corrected chi connectivity index (χ0v) is 11.4. The van der Waals surface area contributed by atoms with Gasteiger partial charge in [-0.05, 0) is 33.7 Å². The molecule has 0 aromatic carbocycles. The van der Waals surface area contributed by atoms with Crippen LogP contribution in [0, 0.1) is 0 Å². The summed E-state index contributed by atoms with van der Waals surface area (Å²) in [6.07, 6.45) is 6.35. The molecule has 1 aliphatic carbocycles. The van der Waals surface area contributed by atoms with Gasteiger partial charge in [-0.25, -0.2) is 0 Å². The number of carbonyl (C=O) groups excluding carboxylic acids is 1. The minimum atomic E-state index is -0.901. The summed E-state index contributed by atoms with van der Waals surface area (Å²) in [5, 5.41) is 0. The molecule has 0 saturated heterocycles. The predicted octanol–water partition coefficient (Wildman–Crippen LogP) is 1.53. The molecule has 0 amide bonds. The van der Waals surface area contributed by atoms with Gasteiger partial charge in [0.25, 0.3) is 0 Å². The first-order chi connectivity index (χ1) is 7.97. The van der Waals surface area contributed by atoms with Gasteiger partial charge in [-0.3, -0.25) is 4.79 Å². The van der Waals surface area contributed by atoms with Gasteiger partial charge in [0.2, 0.25) is 0 Å². The SMILES string of the molecule is CCOC(=O)C(C)(N)CN(C)C1CCCCC1. The smallest absolute Gasteiger partial charge is 0.327 e. The average molecular weight is 242 g/mol. The van der Waals surface area contributed by atoms with Gasteiger partial charge in [0, 0.05) is 12.6 Å². The first-order valence-corrected chi connectivity index (χ1v) is 6.63. The molecule has 1 fully saturated rings. The summed E-state index contributed by atoms with van der Waals surface area (Å²) >= 11 is 0. The standard InChI is InChI=1S/C13H26N2O2/c1-4-17-12(16)13(2,14)10-15(3)11-8-6-5-7-9-11/h11H,4-10,14H2,1-3H3. The van der Waals surface area contributed by atoms with Crippen LogP contribution in [0.2, 0.25) is 0 Å². The monoisotopic (exact) mass is 242 g/mol. The third-order valence-corrected chi connectivity index (χ3v) is 3.52. The van der Waals surface area contributed by atoms with Crippen molar-refractivity contribution < 1.29 is 9.53 Å². The van der Waals surface area contributed by atoms with E-state index in [1.54, 1.807) is 13.8 Å². The molecular weight excluding hydrogens is 216 g/mol. The maximum Gasteiger partial charge on any atom is 0.327 e. The Morgan fingerprint density at radius 3 is 2.53 bits per heavy atom. The Hall–Kier alpha value is -0.610. The van der Waals surface area contributed by atoms with E-state index in [0.717, 1.165) is 0 Å². The van der Waals surface area contributed by atoms with Crippen molar-refractivity contribution in [2.45, 2.75) is 57.5 Å². The van der Waals surface area contributed by atoms with Crippen molar-refractivity contribution in [2.75, 3.05) is 20.2 Å². The molecule has 1 atom stereocenters. The van der Waals surface area contributed by atoms with E-state index in [4.69, 9.17) is 10.5 Å². The van der Waals surface area contributed by atoms with Crippen molar-refractivity contribution in [3.8, 4) is 0 Å². The Labute approximate surface area is 104 Å². The second-order valence-corrected chi connectivity index (χ2v) is 5.34. The van der Waals surface area contributed by atoms with Crippen molar-refractivity contribution in [3.63, 3.8) is 0 Å². The van der Waals surface area contributed by atoms with Crippen LogP contribution in [-0.4, -0.2) is 42.6 Å². The molecule has 4 heteroatoms. The summed E-state index contributed by atoms with van der Waals surface area (Å²) in [4.78, 5) is 13.9. The van der Waals surface area contributed by atoms with Gasteiger partial charge in [-0.1, -0.05) is 19.3 Å². The zero-order valence-electron chi connectivity index (χ0n) is 11.4. The molecule has 0 aliphatic heterocycles. The second-order valence-electron chi connectivity index (χ2n) is 5.34. The highest BCUT2D eigenvalue weighted by Gasteiger charge is 2.33. The number of carbonyl (C=O) groups is 1. The highest BCUT2D eigenvalue weighted by atomic mass is 16.5. The molecule has 0 aromatic heterocycles. The molecule has 0 aromatic rings. The number of rotatable bonds is 5. The highest BCUT2D eigenvalue weighted by Crippen LogP contribution is 2.22. The molecule has 2 N–H and O–H groups in total. The van der Waals surface area contributed by atoms with E-state index in [1.807, 2.05) is 0 Å². The fourth-order valence-electron chi connectivity index (χ4n) is 2.53. The van der Waals surface area contributed by atoms with Gasteiger partial charge in [0.15, 0.2) is 0 Å².